The zero-order chi connectivity index (χ0) is 14.8. The number of hydrogen-bond donors (Lipinski definition) is 1. The number of hydrogen-bond acceptors (Lipinski definition) is 2. The van der Waals surface area contributed by atoms with E-state index in [1.165, 1.54) is 24.8 Å². The van der Waals surface area contributed by atoms with Crippen LogP contribution < -0.4 is 5.32 Å². The van der Waals surface area contributed by atoms with Crippen molar-refractivity contribution in [2.75, 3.05) is 13.2 Å². The van der Waals surface area contributed by atoms with Crippen molar-refractivity contribution in [1.82, 2.24) is 5.32 Å². The van der Waals surface area contributed by atoms with Crippen LogP contribution in [0.15, 0.2) is 28.7 Å². The first-order valence-corrected chi connectivity index (χ1v) is 8.34. The Kier molecular flexibility index (Phi) is 8.43. The van der Waals surface area contributed by atoms with Crippen molar-refractivity contribution in [1.29, 1.82) is 0 Å². The van der Waals surface area contributed by atoms with E-state index in [4.69, 9.17) is 4.74 Å². The predicted octanol–water partition coefficient (Wildman–Crippen LogP) is 4.91. The fraction of sp³-hybridized carbons (Fsp3) is 0.647. The van der Waals surface area contributed by atoms with Crippen molar-refractivity contribution in [3.63, 3.8) is 0 Å². The molecule has 0 aliphatic heterocycles. The Hall–Kier alpha value is -0.380. The lowest BCUT2D eigenvalue weighted by Gasteiger charge is -2.20. The van der Waals surface area contributed by atoms with Gasteiger partial charge in [0.2, 0.25) is 0 Å². The Labute approximate surface area is 132 Å². The molecule has 3 heteroatoms. The van der Waals surface area contributed by atoms with Crippen molar-refractivity contribution in [2.24, 2.45) is 0 Å². The maximum absolute atomic E-state index is 5.72. The molecule has 0 amide bonds. The summed E-state index contributed by atoms with van der Waals surface area (Å²) in [4.78, 5) is 0. The Morgan fingerprint density at radius 3 is 2.45 bits per heavy atom. The number of nitrogens with one attached hydrogen (secondary N) is 1. The van der Waals surface area contributed by atoms with E-state index in [9.17, 15) is 0 Å². The average Bonchev–Trinajstić information content (AvgIpc) is 2.37. The third-order valence-corrected chi connectivity index (χ3v) is 3.86. The van der Waals surface area contributed by atoms with E-state index >= 15 is 0 Å². The second-order valence-corrected chi connectivity index (χ2v) is 7.09. The number of rotatable bonds is 9. The molecule has 0 spiro atoms. The highest BCUT2D eigenvalue weighted by molar-refractivity contribution is 9.10. The molecule has 0 heterocycles. The van der Waals surface area contributed by atoms with Crippen LogP contribution in [0, 0.1) is 0 Å². The first kappa shape index (κ1) is 17.7. The lowest BCUT2D eigenvalue weighted by Crippen LogP contribution is -2.36. The van der Waals surface area contributed by atoms with Gasteiger partial charge in [0.15, 0.2) is 0 Å². The molecule has 0 fully saturated rings. The van der Waals surface area contributed by atoms with Gasteiger partial charge in [-0.1, -0.05) is 47.0 Å². The van der Waals surface area contributed by atoms with Crippen molar-refractivity contribution in [3.8, 4) is 0 Å². The van der Waals surface area contributed by atoms with Crippen molar-refractivity contribution < 1.29 is 4.74 Å². The van der Waals surface area contributed by atoms with Crippen LogP contribution >= 0.6 is 15.9 Å². The highest BCUT2D eigenvalue weighted by Gasteiger charge is 2.06. The van der Waals surface area contributed by atoms with E-state index < -0.39 is 0 Å². The van der Waals surface area contributed by atoms with Crippen LogP contribution in [0.3, 0.4) is 0 Å². The third kappa shape index (κ3) is 8.72. The van der Waals surface area contributed by atoms with Crippen LogP contribution in [0.2, 0.25) is 0 Å². The number of ether oxygens (including phenoxy) is 1. The molecule has 0 bridgehead atoms. The minimum absolute atomic E-state index is 0.242. The van der Waals surface area contributed by atoms with Gasteiger partial charge in [0.25, 0.3) is 0 Å². The quantitative estimate of drug-likeness (QED) is 0.644. The SMILES string of the molecule is CC(C)(C)NCCCCCCOCc1ccccc1Br. The maximum atomic E-state index is 5.72. The summed E-state index contributed by atoms with van der Waals surface area (Å²) in [7, 11) is 0. The smallest absolute Gasteiger partial charge is 0.0727 e. The molecule has 1 N–H and O–H groups in total. The third-order valence-electron chi connectivity index (χ3n) is 3.09. The van der Waals surface area contributed by atoms with Gasteiger partial charge >= 0.3 is 0 Å². The van der Waals surface area contributed by atoms with Gasteiger partial charge in [0.1, 0.15) is 0 Å². The largest absolute Gasteiger partial charge is 0.377 e. The first-order chi connectivity index (χ1) is 9.49. The van der Waals surface area contributed by atoms with E-state index in [2.05, 4.69) is 54.2 Å². The topological polar surface area (TPSA) is 21.3 Å². The van der Waals surface area contributed by atoms with Gasteiger partial charge in [0, 0.05) is 16.6 Å². The van der Waals surface area contributed by atoms with E-state index in [0.717, 1.165) is 24.0 Å². The summed E-state index contributed by atoms with van der Waals surface area (Å²) in [5.41, 5.74) is 1.47. The van der Waals surface area contributed by atoms with Gasteiger partial charge in [-0.3, -0.25) is 0 Å². The van der Waals surface area contributed by atoms with Crippen molar-refractivity contribution in [3.05, 3.63) is 34.3 Å². The van der Waals surface area contributed by atoms with Gasteiger partial charge < -0.3 is 10.1 Å². The molecular weight excluding hydrogens is 314 g/mol. The maximum Gasteiger partial charge on any atom is 0.0727 e. The molecule has 1 aromatic carbocycles. The summed E-state index contributed by atoms with van der Waals surface area (Å²) in [6.45, 7) is 9.30. The van der Waals surface area contributed by atoms with Crippen LogP contribution in [-0.2, 0) is 11.3 Å². The lowest BCUT2D eigenvalue weighted by atomic mass is 10.1. The molecule has 0 saturated carbocycles. The van der Waals surface area contributed by atoms with E-state index in [1.807, 2.05) is 12.1 Å². The molecule has 1 rings (SSSR count). The molecule has 0 aliphatic rings. The second-order valence-electron chi connectivity index (χ2n) is 6.23. The molecule has 1 aromatic rings. The first-order valence-electron chi connectivity index (χ1n) is 7.55. The highest BCUT2D eigenvalue weighted by Crippen LogP contribution is 2.16. The molecule has 20 heavy (non-hydrogen) atoms. The fourth-order valence-corrected chi connectivity index (χ4v) is 2.34. The molecule has 114 valence electrons. The molecule has 0 unspecified atom stereocenters. The summed E-state index contributed by atoms with van der Waals surface area (Å²) in [5, 5.41) is 3.52. The zero-order valence-electron chi connectivity index (χ0n) is 13.0. The Morgan fingerprint density at radius 1 is 1.05 bits per heavy atom. The molecule has 0 aliphatic carbocycles. The van der Waals surface area contributed by atoms with Gasteiger partial charge in [-0.05, 0) is 51.8 Å². The standard InChI is InChI=1S/C17H28BrNO/c1-17(2,3)19-12-8-4-5-9-13-20-14-15-10-6-7-11-16(15)18/h6-7,10-11,19H,4-5,8-9,12-14H2,1-3H3. The summed E-state index contributed by atoms with van der Waals surface area (Å²) >= 11 is 3.54. The van der Waals surface area contributed by atoms with E-state index in [0.29, 0.717) is 6.61 Å². The Morgan fingerprint density at radius 2 is 1.75 bits per heavy atom. The minimum atomic E-state index is 0.242. The van der Waals surface area contributed by atoms with Crippen LogP contribution in [0.1, 0.15) is 52.0 Å². The molecule has 0 saturated heterocycles. The normalized spacial score (nSPS) is 11.8. The number of benzene rings is 1. The summed E-state index contributed by atoms with van der Waals surface area (Å²) in [6.07, 6.45) is 4.94. The van der Waals surface area contributed by atoms with E-state index in [1.54, 1.807) is 0 Å². The van der Waals surface area contributed by atoms with Crippen LogP contribution in [-0.4, -0.2) is 18.7 Å². The number of halogens is 1. The summed E-state index contributed by atoms with van der Waals surface area (Å²) in [6, 6.07) is 8.23. The van der Waals surface area contributed by atoms with Gasteiger partial charge in [0.05, 0.1) is 6.61 Å². The molecule has 0 radical (unpaired) electrons. The summed E-state index contributed by atoms with van der Waals surface area (Å²) in [5.74, 6) is 0. The molecule has 0 atom stereocenters. The highest BCUT2D eigenvalue weighted by atomic mass is 79.9. The molecule has 0 aromatic heterocycles. The summed E-state index contributed by atoms with van der Waals surface area (Å²) < 4.78 is 6.85. The zero-order valence-corrected chi connectivity index (χ0v) is 14.6. The number of unbranched alkanes of at least 4 members (excludes halogenated alkanes) is 3. The van der Waals surface area contributed by atoms with E-state index in [-0.39, 0.29) is 5.54 Å². The second kappa shape index (κ2) is 9.54. The van der Waals surface area contributed by atoms with Crippen LogP contribution in [0.4, 0.5) is 0 Å². The average molecular weight is 342 g/mol. The predicted molar refractivity (Wildman–Crippen MR) is 90.0 cm³/mol. The Balaban J connectivity index is 1.94. The van der Waals surface area contributed by atoms with Crippen LogP contribution in [0.25, 0.3) is 0 Å². The molecule has 2 nitrogen and oxygen atoms in total. The Bertz CT molecular complexity index is 373. The molecular formula is C17H28BrNO. The fourth-order valence-electron chi connectivity index (χ4n) is 1.94. The van der Waals surface area contributed by atoms with Gasteiger partial charge in [-0.15, -0.1) is 0 Å². The van der Waals surface area contributed by atoms with Crippen LogP contribution in [0.5, 0.6) is 0 Å². The van der Waals surface area contributed by atoms with Gasteiger partial charge in [-0.25, -0.2) is 0 Å². The lowest BCUT2D eigenvalue weighted by molar-refractivity contribution is 0.116. The van der Waals surface area contributed by atoms with Crippen molar-refractivity contribution >= 4 is 15.9 Å². The monoisotopic (exact) mass is 341 g/mol. The minimum Gasteiger partial charge on any atom is -0.377 e. The van der Waals surface area contributed by atoms with Crippen molar-refractivity contribution in [2.45, 2.75) is 58.6 Å². The van der Waals surface area contributed by atoms with Gasteiger partial charge in [-0.2, -0.15) is 0 Å².